The monoisotopic (exact) mass is 387 g/mol. The summed E-state index contributed by atoms with van der Waals surface area (Å²) >= 11 is 0. The third kappa shape index (κ3) is 5.61. The Balaban J connectivity index is 1.72. The van der Waals surface area contributed by atoms with E-state index in [1.54, 1.807) is 0 Å². The number of ether oxygens (including phenoxy) is 1. The maximum absolute atomic E-state index is 11.3. The average molecular weight is 388 g/mol. The van der Waals surface area contributed by atoms with E-state index >= 15 is 0 Å². The molecule has 2 aliphatic rings. The van der Waals surface area contributed by atoms with Crippen molar-refractivity contribution in [2.24, 2.45) is 16.6 Å². The van der Waals surface area contributed by atoms with Crippen LogP contribution in [0.1, 0.15) is 31.7 Å². The summed E-state index contributed by atoms with van der Waals surface area (Å²) in [6, 6.07) is 8.49. The van der Waals surface area contributed by atoms with Crippen molar-refractivity contribution in [3.05, 3.63) is 29.8 Å². The third-order valence-electron chi connectivity index (χ3n) is 5.39. The minimum absolute atomic E-state index is 0.215. The van der Waals surface area contributed by atoms with E-state index in [0.29, 0.717) is 18.9 Å². The van der Waals surface area contributed by atoms with Gasteiger partial charge in [0.25, 0.3) is 0 Å². The second kappa shape index (κ2) is 10.3. The number of nitrogens with one attached hydrogen (secondary N) is 1. The van der Waals surface area contributed by atoms with Crippen molar-refractivity contribution in [2.75, 3.05) is 50.8 Å². The molecule has 0 bridgehead atoms. The molecule has 1 atom stereocenters. The van der Waals surface area contributed by atoms with Crippen LogP contribution >= 0.6 is 0 Å². The Labute approximate surface area is 167 Å². The summed E-state index contributed by atoms with van der Waals surface area (Å²) in [7, 11) is 0. The number of piperidine rings is 1. The van der Waals surface area contributed by atoms with Gasteiger partial charge in [-0.3, -0.25) is 4.79 Å². The van der Waals surface area contributed by atoms with Gasteiger partial charge >= 0.3 is 0 Å². The van der Waals surface area contributed by atoms with E-state index in [0.717, 1.165) is 64.7 Å². The molecule has 1 aromatic rings. The first-order chi connectivity index (χ1) is 13.7. The van der Waals surface area contributed by atoms with E-state index in [9.17, 15) is 4.79 Å². The molecule has 1 amide bonds. The van der Waals surface area contributed by atoms with Gasteiger partial charge in [-0.1, -0.05) is 18.2 Å². The number of rotatable bonds is 6. The molecule has 0 saturated carbocycles. The number of anilines is 1. The second-order valence-electron chi connectivity index (χ2n) is 7.52. The maximum Gasteiger partial charge on any atom is 0.217 e. The number of aliphatic imine (C=N–C) groups is 1. The van der Waals surface area contributed by atoms with Gasteiger partial charge in [0, 0.05) is 44.8 Å². The van der Waals surface area contributed by atoms with Gasteiger partial charge in [-0.05, 0) is 37.3 Å². The maximum atomic E-state index is 11.3. The van der Waals surface area contributed by atoms with Crippen LogP contribution in [0, 0.1) is 5.92 Å². The van der Waals surface area contributed by atoms with Gasteiger partial charge in [-0.15, -0.1) is 0 Å². The van der Waals surface area contributed by atoms with Crippen LogP contribution < -0.4 is 16.0 Å². The van der Waals surface area contributed by atoms with Gasteiger partial charge in [-0.2, -0.15) is 0 Å². The summed E-state index contributed by atoms with van der Waals surface area (Å²) in [6.07, 6.45) is 2.57. The van der Waals surface area contributed by atoms with E-state index < -0.39 is 0 Å². The van der Waals surface area contributed by atoms with Crippen LogP contribution in [-0.4, -0.2) is 62.7 Å². The average Bonchev–Trinajstić information content (AvgIpc) is 2.72. The molecule has 2 fully saturated rings. The van der Waals surface area contributed by atoms with Crippen molar-refractivity contribution in [2.45, 2.75) is 32.7 Å². The second-order valence-corrected chi connectivity index (χ2v) is 7.52. The lowest BCUT2D eigenvalue weighted by atomic mass is 9.95. The highest BCUT2D eigenvalue weighted by Gasteiger charge is 2.23. The molecule has 0 spiro atoms. The van der Waals surface area contributed by atoms with Crippen molar-refractivity contribution in [3.63, 3.8) is 0 Å². The van der Waals surface area contributed by atoms with Crippen molar-refractivity contribution in [1.29, 1.82) is 0 Å². The molecule has 7 heteroatoms. The van der Waals surface area contributed by atoms with Crippen LogP contribution in [0.4, 0.5) is 5.69 Å². The molecule has 1 unspecified atom stereocenters. The molecule has 2 heterocycles. The van der Waals surface area contributed by atoms with E-state index in [-0.39, 0.29) is 5.91 Å². The molecule has 0 radical (unpaired) electrons. The molecule has 0 aliphatic carbocycles. The fraction of sp³-hybridized carbons (Fsp3) is 0.619. The molecule has 3 N–H and O–H groups in total. The Morgan fingerprint density at radius 3 is 2.82 bits per heavy atom. The number of likely N-dealkylation sites (tertiary alicyclic amines) is 1. The number of hydrogen-bond acceptors (Lipinski definition) is 4. The van der Waals surface area contributed by atoms with Crippen LogP contribution in [0.3, 0.4) is 0 Å². The summed E-state index contributed by atoms with van der Waals surface area (Å²) in [5.41, 5.74) is 7.88. The lowest BCUT2D eigenvalue weighted by Gasteiger charge is -2.35. The Morgan fingerprint density at radius 2 is 2.07 bits per heavy atom. The lowest BCUT2D eigenvalue weighted by molar-refractivity contribution is -0.119. The van der Waals surface area contributed by atoms with E-state index in [1.165, 1.54) is 11.3 Å². The summed E-state index contributed by atoms with van der Waals surface area (Å²) in [4.78, 5) is 20.9. The van der Waals surface area contributed by atoms with E-state index in [1.807, 2.05) is 0 Å². The van der Waals surface area contributed by atoms with Gasteiger partial charge in [0.2, 0.25) is 5.91 Å². The van der Waals surface area contributed by atoms with Crippen LogP contribution in [0.15, 0.2) is 29.3 Å². The molecule has 7 nitrogen and oxygen atoms in total. The predicted molar refractivity (Wildman–Crippen MR) is 112 cm³/mol. The summed E-state index contributed by atoms with van der Waals surface area (Å²) in [5, 5.41) is 3.42. The number of para-hydroxylation sites is 1. The summed E-state index contributed by atoms with van der Waals surface area (Å²) < 4.78 is 5.49. The highest BCUT2D eigenvalue weighted by molar-refractivity contribution is 5.80. The number of amides is 1. The van der Waals surface area contributed by atoms with Crippen LogP contribution in [0.5, 0.6) is 0 Å². The van der Waals surface area contributed by atoms with Crippen molar-refractivity contribution in [3.8, 4) is 0 Å². The molecule has 1 aromatic carbocycles. The minimum atomic E-state index is -0.215. The van der Waals surface area contributed by atoms with Gasteiger partial charge in [0.15, 0.2) is 5.96 Å². The van der Waals surface area contributed by atoms with Crippen molar-refractivity contribution >= 4 is 17.6 Å². The summed E-state index contributed by atoms with van der Waals surface area (Å²) in [6.45, 7) is 8.72. The number of primary amides is 1. The number of nitrogens with zero attached hydrogens (tertiary/aromatic N) is 3. The molecular formula is C21H33N5O2. The number of carbonyl (C=O) groups excluding carboxylic acids is 1. The highest BCUT2D eigenvalue weighted by Crippen LogP contribution is 2.23. The molecule has 0 aromatic heterocycles. The minimum Gasteiger partial charge on any atom is -0.378 e. The van der Waals surface area contributed by atoms with Gasteiger partial charge in [-0.25, -0.2) is 4.99 Å². The number of morpholine rings is 1. The largest absolute Gasteiger partial charge is 0.378 e. The predicted octanol–water partition coefficient (Wildman–Crippen LogP) is 1.58. The molecule has 154 valence electrons. The van der Waals surface area contributed by atoms with Crippen molar-refractivity contribution < 1.29 is 9.53 Å². The number of guanidine groups is 1. The van der Waals surface area contributed by atoms with Crippen LogP contribution in [0.2, 0.25) is 0 Å². The lowest BCUT2D eigenvalue weighted by Crippen LogP contribution is -2.47. The topological polar surface area (TPSA) is 83.2 Å². The molecular weight excluding hydrogens is 354 g/mol. The van der Waals surface area contributed by atoms with E-state index in [2.05, 4.69) is 46.3 Å². The fourth-order valence-electron chi connectivity index (χ4n) is 4.05. The van der Waals surface area contributed by atoms with Crippen LogP contribution in [0.25, 0.3) is 0 Å². The first-order valence-corrected chi connectivity index (χ1v) is 10.4. The number of hydrogen-bond donors (Lipinski definition) is 2. The first kappa shape index (κ1) is 20.5. The Hall–Kier alpha value is -2.28. The Kier molecular flexibility index (Phi) is 7.54. The van der Waals surface area contributed by atoms with Crippen molar-refractivity contribution in [1.82, 2.24) is 10.2 Å². The molecule has 2 saturated heterocycles. The standard InChI is InChI=1S/C21H33N5O2/c1-2-23-21(26-9-5-6-17(16-26)14-20(22)27)24-15-18-7-3-4-8-19(18)25-10-12-28-13-11-25/h3-4,7-8,17H,2,5-6,9-16H2,1H3,(H2,22,27)(H,23,24). The smallest absolute Gasteiger partial charge is 0.217 e. The Morgan fingerprint density at radius 1 is 1.29 bits per heavy atom. The molecule has 28 heavy (non-hydrogen) atoms. The molecule has 3 rings (SSSR count). The zero-order valence-corrected chi connectivity index (χ0v) is 16.9. The van der Waals surface area contributed by atoms with Crippen LogP contribution in [-0.2, 0) is 16.1 Å². The highest BCUT2D eigenvalue weighted by atomic mass is 16.5. The number of benzene rings is 1. The first-order valence-electron chi connectivity index (χ1n) is 10.4. The van der Waals surface area contributed by atoms with E-state index in [4.69, 9.17) is 15.5 Å². The normalized spacial score (nSPS) is 20.9. The Bertz CT molecular complexity index is 673. The number of carbonyl (C=O) groups is 1. The third-order valence-corrected chi connectivity index (χ3v) is 5.39. The van der Waals surface area contributed by atoms with Gasteiger partial charge < -0.3 is 25.6 Å². The summed E-state index contributed by atoms with van der Waals surface area (Å²) in [5.74, 6) is 1.03. The quantitative estimate of drug-likeness (QED) is 0.572. The zero-order chi connectivity index (χ0) is 19.8. The zero-order valence-electron chi connectivity index (χ0n) is 16.9. The van der Waals surface area contributed by atoms with Gasteiger partial charge in [0.1, 0.15) is 0 Å². The SMILES string of the molecule is CCNC(=NCc1ccccc1N1CCOCC1)N1CCCC(CC(N)=O)C1. The molecule has 2 aliphatic heterocycles. The number of nitrogens with two attached hydrogens (primary N) is 1. The fourth-order valence-corrected chi connectivity index (χ4v) is 4.05. The van der Waals surface area contributed by atoms with Gasteiger partial charge in [0.05, 0.1) is 19.8 Å².